The number of nitrogens with zero attached hydrogens (tertiary/aromatic N) is 3. The fourth-order valence-corrected chi connectivity index (χ4v) is 3.74. The van der Waals surface area contributed by atoms with Gasteiger partial charge < -0.3 is 10.2 Å². The fourth-order valence-electron chi connectivity index (χ4n) is 3.74. The molecule has 0 aliphatic heterocycles. The SMILES string of the molecule is CCCN(CCC)c1ccc(C=NNC(=O)C(=Cc2cccc([N+](=O)[O-])c2)NC(=O)c2ccccc2)cc1. The highest BCUT2D eigenvalue weighted by atomic mass is 16.6. The summed E-state index contributed by atoms with van der Waals surface area (Å²) in [5, 5.41) is 17.8. The van der Waals surface area contributed by atoms with Gasteiger partial charge in [0.2, 0.25) is 0 Å². The Morgan fingerprint density at radius 1 is 0.921 bits per heavy atom. The van der Waals surface area contributed by atoms with Gasteiger partial charge in [0.15, 0.2) is 0 Å². The summed E-state index contributed by atoms with van der Waals surface area (Å²) in [4.78, 5) is 38.6. The molecule has 9 nitrogen and oxygen atoms in total. The molecule has 2 N–H and O–H groups in total. The zero-order valence-electron chi connectivity index (χ0n) is 21.5. The van der Waals surface area contributed by atoms with Gasteiger partial charge in [-0.3, -0.25) is 19.7 Å². The van der Waals surface area contributed by atoms with Gasteiger partial charge in [0.1, 0.15) is 5.70 Å². The summed E-state index contributed by atoms with van der Waals surface area (Å²) in [6.07, 6.45) is 4.99. The van der Waals surface area contributed by atoms with Crippen LogP contribution in [-0.2, 0) is 4.79 Å². The Labute approximate surface area is 222 Å². The number of carbonyl (C=O) groups is 2. The molecule has 0 fully saturated rings. The first-order chi connectivity index (χ1) is 18.4. The molecule has 0 heterocycles. The van der Waals surface area contributed by atoms with E-state index in [1.54, 1.807) is 36.4 Å². The number of hydrogen-bond donors (Lipinski definition) is 2. The molecule has 0 aromatic heterocycles. The molecule has 0 bridgehead atoms. The van der Waals surface area contributed by atoms with Crippen molar-refractivity contribution in [3.8, 4) is 0 Å². The van der Waals surface area contributed by atoms with Crippen molar-refractivity contribution in [2.24, 2.45) is 5.10 Å². The lowest BCUT2D eigenvalue weighted by atomic mass is 10.1. The van der Waals surface area contributed by atoms with Crippen molar-refractivity contribution in [3.63, 3.8) is 0 Å². The maximum absolute atomic E-state index is 13.0. The molecule has 3 rings (SSSR count). The normalized spacial score (nSPS) is 11.3. The molecule has 0 aliphatic carbocycles. The van der Waals surface area contributed by atoms with Gasteiger partial charge in [-0.05, 0) is 54.3 Å². The molecule has 2 amide bonds. The Kier molecular flexibility index (Phi) is 10.3. The van der Waals surface area contributed by atoms with Crippen LogP contribution in [0.3, 0.4) is 0 Å². The second kappa shape index (κ2) is 14.1. The zero-order chi connectivity index (χ0) is 27.3. The molecule has 0 unspecified atom stereocenters. The summed E-state index contributed by atoms with van der Waals surface area (Å²) in [5.41, 5.74) is 4.83. The summed E-state index contributed by atoms with van der Waals surface area (Å²) in [5.74, 6) is -1.17. The van der Waals surface area contributed by atoms with Crippen molar-refractivity contribution in [3.05, 3.63) is 111 Å². The van der Waals surface area contributed by atoms with Crippen LogP contribution < -0.4 is 15.6 Å². The van der Waals surface area contributed by atoms with Gasteiger partial charge in [0.25, 0.3) is 17.5 Å². The molecular formula is C29H31N5O4. The van der Waals surface area contributed by atoms with Crippen molar-refractivity contribution in [2.75, 3.05) is 18.0 Å². The number of nitro benzene ring substituents is 1. The molecule has 3 aromatic carbocycles. The Hall–Kier alpha value is -4.79. The molecule has 0 radical (unpaired) electrons. The minimum Gasteiger partial charge on any atom is -0.372 e. The predicted octanol–water partition coefficient (Wildman–Crippen LogP) is 5.14. The molecule has 0 saturated carbocycles. The van der Waals surface area contributed by atoms with Gasteiger partial charge in [-0.2, -0.15) is 5.10 Å². The van der Waals surface area contributed by atoms with E-state index in [1.165, 1.54) is 30.5 Å². The van der Waals surface area contributed by atoms with Crippen molar-refractivity contribution in [2.45, 2.75) is 26.7 Å². The smallest absolute Gasteiger partial charge is 0.287 e. The number of benzene rings is 3. The maximum Gasteiger partial charge on any atom is 0.287 e. The van der Waals surface area contributed by atoms with Crippen molar-refractivity contribution >= 4 is 35.5 Å². The Balaban J connectivity index is 1.77. The minimum absolute atomic E-state index is 0.110. The summed E-state index contributed by atoms with van der Waals surface area (Å²) in [6.45, 7) is 6.25. The number of carbonyl (C=O) groups excluding carboxylic acids is 2. The summed E-state index contributed by atoms with van der Waals surface area (Å²) >= 11 is 0. The van der Waals surface area contributed by atoms with E-state index in [0.29, 0.717) is 11.1 Å². The Morgan fingerprint density at radius 3 is 2.24 bits per heavy atom. The molecule has 0 saturated heterocycles. The van der Waals surface area contributed by atoms with Crippen molar-refractivity contribution < 1.29 is 14.5 Å². The van der Waals surface area contributed by atoms with Gasteiger partial charge in [-0.25, -0.2) is 5.43 Å². The van der Waals surface area contributed by atoms with Gasteiger partial charge in [0.05, 0.1) is 11.1 Å². The third kappa shape index (κ3) is 8.12. The van der Waals surface area contributed by atoms with Crippen LogP contribution in [0.4, 0.5) is 11.4 Å². The average molecular weight is 514 g/mol. The molecule has 3 aromatic rings. The van der Waals surface area contributed by atoms with Gasteiger partial charge >= 0.3 is 0 Å². The second-order valence-electron chi connectivity index (χ2n) is 8.51. The predicted molar refractivity (Wildman–Crippen MR) is 150 cm³/mol. The molecule has 0 spiro atoms. The zero-order valence-corrected chi connectivity index (χ0v) is 21.5. The molecular weight excluding hydrogens is 482 g/mol. The number of rotatable bonds is 12. The van der Waals surface area contributed by atoms with Crippen LogP contribution in [0.2, 0.25) is 0 Å². The molecule has 0 aliphatic rings. The average Bonchev–Trinajstić information content (AvgIpc) is 2.93. The van der Waals surface area contributed by atoms with E-state index in [-0.39, 0.29) is 11.4 Å². The van der Waals surface area contributed by atoms with Gasteiger partial charge in [0, 0.05) is 36.5 Å². The van der Waals surface area contributed by atoms with Crippen LogP contribution in [0.5, 0.6) is 0 Å². The first-order valence-electron chi connectivity index (χ1n) is 12.4. The molecule has 38 heavy (non-hydrogen) atoms. The quantitative estimate of drug-likeness (QED) is 0.150. The van der Waals surface area contributed by atoms with E-state index in [9.17, 15) is 19.7 Å². The van der Waals surface area contributed by atoms with E-state index >= 15 is 0 Å². The highest BCUT2D eigenvalue weighted by molar-refractivity contribution is 6.05. The fraction of sp³-hybridized carbons (Fsp3) is 0.207. The highest BCUT2D eigenvalue weighted by Crippen LogP contribution is 2.17. The van der Waals surface area contributed by atoms with E-state index < -0.39 is 16.7 Å². The second-order valence-corrected chi connectivity index (χ2v) is 8.51. The Bertz CT molecular complexity index is 1300. The van der Waals surface area contributed by atoms with Gasteiger partial charge in [-0.15, -0.1) is 0 Å². The van der Waals surface area contributed by atoms with E-state index in [1.807, 2.05) is 24.3 Å². The van der Waals surface area contributed by atoms with Crippen molar-refractivity contribution in [1.29, 1.82) is 0 Å². The number of non-ortho nitro benzene ring substituents is 1. The largest absolute Gasteiger partial charge is 0.372 e. The number of amides is 2. The molecule has 196 valence electrons. The standard InChI is InChI=1S/C29H31N5O4/c1-3-17-33(18-4-2)25-15-13-22(14-16-25)21-30-32-29(36)27(31-28(35)24-10-6-5-7-11-24)20-23-9-8-12-26(19-23)34(37)38/h5-16,19-21H,3-4,17-18H2,1-2H3,(H,31,35)(H,32,36). The van der Waals surface area contributed by atoms with Crippen molar-refractivity contribution in [1.82, 2.24) is 10.7 Å². The number of nitro groups is 1. The summed E-state index contributed by atoms with van der Waals surface area (Å²) in [7, 11) is 0. The highest BCUT2D eigenvalue weighted by Gasteiger charge is 2.15. The van der Waals surface area contributed by atoms with Crippen LogP contribution in [0.15, 0.2) is 89.7 Å². The minimum atomic E-state index is -0.675. The van der Waals surface area contributed by atoms with Crippen LogP contribution in [0, 0.1) is 10.1 Å². The summed E-state index contributed by atoms with van der Waals surface area (Å²) < 4.78 is 0. The Morgan fingerprint density at radius 2 is 1.61 bits per heavy atom. The molecule has 9 heteroatoms. The lowest BCUT2D eigenvalue weighted by Crippen LogP contribution is -2.32. The van der Waals surface area contributed by atoms with E-state index in [4.69, 9.17) is 0 Å². The maximum atomic E-state index is 13.0. The van der Waals surface area contributed by atoms with Crippen LogP contribution in [0.25, 0.3) is 6.08 Å². The first-order valence-corrected chi connectivity index (χ1v) is 12.4. The third-order valence-electron chi connectivity index (χ3n) is 5.55. The lowest BCUT2D eigenvalue weighted by Gasteiger charge is -2.23. The summed E-state index contributed by atoms with van der Waals surface area (Å²) in [6, 6.07) is 22.0. The van der Waals surface area contributed by atoms with E-state index in [2.05, 4.69) is 34.6 Å². The van der Waals surface area contributed by atoms with Crippen LogP contribution in [-0.4, -0.2) is 36.0 Å². The monoisotopic (exact) mass is 513 g/mol. The van der Waals surface area contributed by atoms with E-state index in [0.717, 1.165) is 37.2 Å². The van der Waals surface area contributed by atoms with Crippen LogP contribution >= 0.6 is 0 Å². The topological polar surface area (TPSA) is 117 Å². The first kappa shape index (κ1) is 27.8. The number of anilines is 1. The van der Waals surface area contributed by atoms with Crippen LogP contribution in [0.1, 0.15) is 48.2 Å². The third-order valence-corrected chi connectivity index (χ3v) is 5.55. The van der Waals surface area contributed by atoms with Gasteiger partial charge in [-0.1, -0.05) is 56.3 Å². The number of hydrazone groups is 1. The molecule has 0 atom stereocenters. The number of nitrogens with one attached hydrogen (secondary N) is 2. The number of hydrogen-bond acceptors (Lipinski definition) is 6. The lowest BCUT2D eigenvalue weighted by molar-refractivity contribution is -0.384.